The summed E-state index contributed by atoms with van der Waals surface area (Å²) in [5, 5.41) is 0. The lowest BCUT2D eigenvalue weighted by Crippen LogP contribution is -2.64. The monoisotopic (exact) mass is 524 g/mol. The SMILES string of the molecule is c1ccc(CO[C@@H]2[C@H](OCc3ccccc3)[C@@H](Oc3ccccc3)O[C@@H]3COC(c4ccccc4)O[C@@H]23)cc1. The van der Waals surface area contributed by atoms with E-state index in [1.54, 1.807) is 0 Å². The van der Waals surface area contributed by atoms with Gasteiger partial charge in [-0.2, -0.15) is 0 Å². The number of rotatable bonds is 9. The molecule has 39 heavy (non-hydrogen) atoms. The second-order valence-corrected chi connectivity index (χ2v) is 9.67. The summed E-state index contributed by atoms with van der Waals surface area (Å²) in [5.41, 5.74) is 3.06. The molecular formula is C33H32O6. The second kappa shape index (κ2) is 12.6. The van der Waals surface area contributed by atoms with Gasteiger partial charge < -0.3 is 28.4 Å². The van der Waals surface area contributed by atoms with Crippen LogP contribution < -0.4 is 4.74 Å². The van der Waals surface area contributed by atoms with Gasteiger partial charge in [0, 0.05) is 5.56 Å². The van der Waals surface area contributed by atoms with Gasteiger partial charge in [-0.15, -0.1) is 0 Å². The molecule has 6 rings (SSSR count). The Bertz CT molecular complexity index is 1270. The van der Waals surface area contributed by atoms with Crippen molar-refractivity contribution in [2.45, 2.75) is 50.2 Å². The molecule has 0 spiro atoms. The molecule has 0 aliphatic carbocycles. The first-order chi connectivity index (χ1) is 19.3. The lowest BCUT2D eigenvalue weighted by Gasteiger charge is -2.48. The van der Waals surface area contributed by atoms with Crippen molar-refractivity contribution in [3.05, 3.63) is 138 Å². The van der Waals surface area contributed by atoms with Gasteiger partial charge in [0.1, 0.15) is 30.2 Å². The Labute approximate surface area is 229 Å². The first kappa shape index (κ1) is 25.7. The molecule has 0 radical (unpaired) electrons. The third kappa shape index (κ3) is 6.38. The molecule has 1 unspecified atom stereocenters. The molecule has 0 amide bonds. The molecule has 0 bridgehead atoms. The van der Waals surface area contributed by atoms with E-state index >= 15 is 0 Å². The van der Waals surface area contributed by atoms with E-state index in [4.69, 9.17) is 28.4 Å². The summed E-state index contributed by atoms with van der Waals surface area (Å²) in [7, 11) is 0. The molecule has 4 aromatic rings. The summed E-state index contributed by atoms with van der Waals surface area (Å²) < 4.78 is 38.7. The van der Waals surface area contributed by atoms with Gasteiger partial charge in [-0.05, 0) is 23.3 Å². The van der Waals surface area contributed by atoms with Gasteiger partial charge in [0.2, 0.25) is 6.29 Å². The number of hydrogen-bond donors (Lipinski definition) is 0. The van der Waals surface area contributed by atoms with Gasteiger partial charge in [0.15, 0.2) is 6.29 Å². The third-order valence-electron chi connectivity index (χ3n) is 6.92. The third-order valence-corrected chi connectivity index (χ3v) is 6.92. The fraction of sp³-hybridized carbons (Fsp3) is 0.273. The van der Waals surface area contributed by atoms with Crippen LogP contribution in [0.25, 0.3) is 0 Å². The molecule has 6 heteroatoms. The lowest BCUT2D eigenvalue weighted by molar-refractivity contribution is -0.361. The number of ether oxygens (including phenoxy) is 6. The molecule has 2 aliphatic rings. The summed E-state index contributed by atoms with van der Waals surface area (Å²) in [5.74, 6) is 0.691. The van der Waals surface area contributed by atoms with Gasteiger partial charge in [-0.1, -0.05) is 109 Å². The zero-order chi connectivity index (χ0) is 26.3. The summed E-state index contributed by atoms with van der Waals surface area (Å²) >= 11 is 0. The quantitative estimate of drug-likeness (QED) is 0.265. The Hall–Kier alpha value is -3.52. The van der Waals surface area contributed by atoms with Crippen LogP contribution in [0.5, 0.6) is 5.75 Å². The fourth-order valence-electron chi connectivity index (χ4n) is 4.95. The van der Waals surface area contributed by atoms with Crippen molar-refractivity contribution in [2.24, 2.45) is 0 Å². The van der Waals surface area contributed by atoms with Crippen LogP contribution in [0.2, 0.25) is 0 Å². The van der Waals surface area contributed by atoms with Gasteiger partial charge in [-0.25, -0.2) is 0 Å². The van der Waals surface area contributed by atoms with Gasteiger partial charge in [0.05, 0.1) is 19.8 Å². The molecule has 2 heterocycles. The largest absolute Gasteiger partial charge is 0.462 e. The minimum Gasteiger partial charge on any atom is -0.462 e. The van der Waals surface area contributed by atoms with Crippen molar-refractivity contribution in [3.8, 4) is 5.75 Å². The van der Waals surface area contributed by atoms with E-state index in [0.717, 1.165) is 16.7 Å². The number of benzene rings is 4. The van der Waals surface area contributed by atoms with Crippen molar-refractivity contribution < 1.29 is 28.4 Å². The Morgan fingerprint density at radius 2 is 1.13 bits per heavy atom. The van der Waals surface area contributed by atoms with E-state index < -0.39 is 37.0 Å². The zero-order valence-corrected chi connectivity index (χ0v) is 21.6. The maximum atomic E-state index is 6.63. The van der Waals surface area contributed by atoms with Crippen LogP contribution in [-0.2, 0) is 36.9 Å². The van der Waals surface area contributed by atoms with E-state index in [0.29, 0.717) is 25.6 Å². The average molecular weight is 525 g/mol. The molecule has 200 valence electrons. The average Bonchev–Trinajstić information content (AvgIpc) is 3.01. The van der Waals surface area contributed by atoms with Crippen LogP contribution in [0.3, 0.4) is 0 Å². The molecule has 2 fully saturated rings. The molecule has 6 atom stereocenters. The summed E-state index contributed by atoms with van der Waals surface area (Å²) in [6.45, 7) is 1.12. The van der Waals surface area contributed by atoms with Crippen molar-refractivity contribution in [3.63, 3.8) is 0 Å². The Morgan fingerprint density at radius 1 is 0.590 bits per heavy atom. The minimum atomic E-state index is -0.724. The number of hydrogen-bond acceptors (Lipinski definition) is 6. The molecular weight excluding hydrogens is 492 g/mol. The zero-order valence-electron chi connectivity index (χ0n) is 21.6. The van der Waals surface area contributed by atoms with Crippen LogP contribution in [0.15, 0.2) is 121 Å². The normalized spacial score (nSPS) is 26.5. The second-order valence-electron chi connectivity index (χ2n) is 9.67. The lowest BCUT2D eigenvalue weighted by atomic mass is 9.97. The smallest absolute Gasteiger partial charge is 0.229 e. The molecule has 0 aromatic heterocycles. The minimum absolute atomic E-state index is 0.343. The highest BCUT2D eigenvalue weighted by molar-refractivity contribution is 5.22. The van der Waals surface area contributed by atoms with Crippen molar-refractivity contribution in [1.29, 1.82) is 0 Å². The van der Waals surface area contributed by atoms with Gasteiger partial charge in [-0.3, -0.25) is 0 Å². The predicted octanol–water partition coefficient (Wildman–Crippen LogP) is 6.08. The van der Waals surface area contributed by atoms with Crippen LogP contribution >= 0.6 is 0 Å². The van der Waals surface area contributed by atoms with Gasteiger partial charge >= 0.3 is 0 Å². The standard InChI is InChI=1S/C33H32O6/c1-5-13-24(14-6-1)21-34-30-29-28(23-36-32(39-29)26-17-9-3-10-18-26)38-33(37-27-19-11-4-12-20-27)31(30)35-22-25-15-7-2-8-16-25/h1-20,28-33H,21-23H2/t28-,29-,30+,31+,32?,33+/m1/s1. The Morgan fingerprint density at radius 3 is 1.74 bits per heavy atom. The number of fused-ring (bicyclic) bond motifs is 1. The van der Waals surface area contributed by atoms with Crippen LogP contribution in [0, 0.1) is 0 Å². The van der Waals surface area contributed by atoms with Crippen molar-refractivity contribution in [2.75, 3.05) is 6.61 Å². The van der Waals surface area contributed by atoms with Crippen LogP contribution in [0.4, 0.5) is 0 Å². The van der Waals surface area contributed by atoms with Crippen LogP contribution in [0.1, 0.15) is 23.0 Å². The maximum Gasteiger partial charge on any atom is 0.229 e. The highest BCUT2D eigenvalue weighted by Gasteiger charge is 2.52. The van der Waals surface area contributed by atoms with E-state index in [2.05, 4.69) is 0 Å². The van der Waals surface area contributed by atoms with Crippen LogP contribution in [-0.4, -0.2) is 37.3 Å². The van der Waals surface area contributed by atoms with E-state index in [1.807, 2.05) is 121 Å². The summed E-state index contributed by atoms with van der Waals surface area (Å²) in [4.78, 5) is 0. The first-order valence-electron chi connectivity index (χ1n) is 13.3. The first-order valence-corrected chi connectivity index (χ1v) is 13.3. The van der Waals surface area contributed by atoms with Crippen molar-refractivity contribution >= 4 is 0 Å². The topological polar surface area (TPSA) is 55.4 Å². The van der Waals surface area contributed by atoms with Gasteiger partial charge in [0.25, 0.3) is 0 Å². The molecule has 2 aliphatic heterocycles. The fourth-order valence-corrected chi connectivity index (χ4v) is 4.95. The molecule has 0 saturated carbocycles. The van der Waals surface area contributed by atoms with E-state index in [9.17, 15) is 0 Å². The molecule has 0 N–H and O–H groups in total. The highest BCUT2D eigenvalue weighted by atomic mass is 16.8. The summed E-state index contributed by atoms with van der Waals surface area (Å²) in [6, 6.07) is 39.7. The Balaban J connectivity index is 1.30. The summed E-state index contributed by atoms with van der Waals surface area (Å²) in [6.07, 6.45) is -3.11. The van der Waals surface area contributed by atoms with Crippen molar-refractivity contribution in [1.82, 2.24) is 0 Å². The molecule has 4 aromatic carbocycles. The molecule has 2 saturated heterocycles. The molecule has 6 nitrogen and oxygen atoms in total. The number of para-hydroxylation sites is 1. The van der Waals surface area contributed by atoms with E-state index in [-0.39, 0.29) is 0 Å². The highest BCUT2D eigenvalue weighted by Crippen LogP contribution is 2.37. The van der Waals surface area contributed by atoms with E-state index in [1.165, 1.54) is 0 Å². The maximum absolute atomic E-state index is 6.63. The predicted molar refractivity (Wildman–Crippen MR) is 146 cm³/mol. The Kier molecular flexibility index (Phi) is 8.29.